The fraction of sp³-hybridized carbons (Fsp3) is 0.524. The van der Waals surface area contributed by atoms with Gasteiger partial charge in [0, 0.05) is 0 Å². The number of esters is 1. The molecule has 6 atom stereocenters. The molecule has 3 amide bonds. The molecule has 2 bridgehead atoms. The van der Waals surface area contributed by atoms with Crippen LogP contribution in [0.2, 0.25) is 0 Å². The van der Waals surface area contributed by atoms with E-state index < -0.39 is 48.7 Å². The third-order valence-corrected chi connectivity index (χ3v) is 7.51. The number of anilines is 1. The molecule has 4 rings (SSSR count). The number of hydrogen-bond donors (Lipinski definition) is 1. The topological polar surface area (TPSA) is 102 Å². The summed E-state index contributed by atoms with van der Waals surface area (Å²) >= 11 is 12.6. The number of fused-ring (bicyclic) bond motifs is 5. The Morgan fingerprint density at radius 1 is 1.10 bits per heavy atom. The van der Waals surface area contributed by atoms with Crippen molar-refractivity contribution in [2.24, 2.45) is 23.7 Å². The summed E-state index contributed by atoms with van der Waals surface area (Å²) in [6, 6.07) is 6.87. The number of carbonyl (C=O) groups is 4. The van der Waals surface area contributed by atoms with Crippen LogP contribution in [0.5, 0.6) is 5.75 Å². The molecule has 3 aliphatic rings. The van der Waals surface area contributed by atoms with Crippen molar-refractivity contribution < 1.29 is 28.7 Å². The van der Waals surface area contributed by atoms with Crippen LogP contribution in [0.25, 0.3) is 0 Å². The highest BCUT2D eigenvalue weighted by Gasteiger charge is 2.66. The Balaban J connectivity index is 1.31. The summed E-state index contributed by atoms with van der Waals surface area (Å²) in [5, 5.41) is 1.88. The Hall–Kier alpha value is -2.32. The second-order valence-corrected chi connectivity index (χ2v) is 8.91. The maximum absolute atomic E-state index is 12.8. The molecule has 1 saturated heterocycles. The Kier molecular flexibility index (Phi) is 6.12. The van der Waals surface area contributed by atoms with Gasteiger partial charge in [-0.15, -0.1) is 23.2 Å². The molecule has 1 aromatic rings. The van der Waals surface area contributed by atoms with E-state index in [1.807, 2.05) is 6.92 Å². The van der Waals surface area contributed by atoms with Crippen LogP contribution in [0, 0.1) is 23.7 Å². The summed E-state index contributed by atoms with van der Waals surface area (Å²) in [5.74, 6) is -3.11. The van der Waals surface area contributed by atoms with Crippen molar-refractivity contribution in [3.05, 3.63) is 24.3 Å². The molecule has 1 aliphatic heterocycles. The molecule has 0 radical (unpaired) electrons. The lowest BCUT2D eigenvalue weighted by Crippen LogP contribution is -2.38. The van der Waals surface area contributed by atoms with E-state index in [0.717, 1.165) is 4.90 Å². The smallest absolute Gasteiger partial charge is 0.326 e. The number of para-hydroxylation sites is 2. The first-order chi connectivity index (χ1) is 14.8. The predicted molar refractivity (Wildman–Crippen MR) is 112 cm³/mol. The van der Waals surface area contributed by atoms with Gasteiger partial charge in [0.25, 0.3) is 5.91 Å². The van der Waals surface area contributed by atoms with E-state index in [0.29, 0.717) is 24.5 Å². The highest BCUT2D eigenvalue weighted by Crippen LogP contribution is 2.59. The molecule has 0 aromatic heterocycles. The molecule has 3 fully saturated rings. The van der Waals surface area contributed by atoms with Crippen LogP contribution in [0.4, 0.5) is 5.69 Å². The SMILES string of the molecule is CCOc1ccccc1NC(=O)COC(=O)CN1C(=O)[C@@H]2[C@H]3C[C@@H]([C@@H](Cl)[C@H]3Cl)[C@H]2C1=O. The summed E-state index contributed by atoms with van der Waals surface area (Å²) in [6.45, 7) is 1.16. The van der Waals surface area contributed by atoms with E-state index in [2.05, 4.69) is 5.32 Å². The number of likely N-dealkylation sites (tertiary alicyclic amines) is 1. The number of amides is 3. The second kappa shape index (κ2) is 8.67. The van der Waals surface area contributed by atoms with E-state index in [9.17, 15) is 19.2 Å². The molecular formula is C21H22Cl2N2O6. The van der Waals surface area contributed by atoms with Gasteiger partial charge in [-0.05, 0) is 37.3 Å². The molecule has 0 spiro atoms. The zero-order chi connectivity index (χ0) is 22.3. The van der Waals surface area contributed by atoms with Crippen molar-refractivity contribution in [2.45, 2.75) is 24.1 Å². The van der Waals surface area contributed by atoms with Gasteiger partial charge in [-0.3, -0.25) is 24.1 Å². The molecule has 166 valence electrons. The van der Waals surface area contributed by atoms with Crippen molar-refractivity contribution in [3.63, 3.8) is 0 Å². The molecule has 8 nitrogen and oxygen atoms in total. The first kappa shape index (κ1) is 21.9. The summed E-state index contributed by atoms with van der Waals surface area (Å²) < 4.78 is 10.4. The van der Waals surface area contributed by atoms with Crippen LogP contribution < -0.4 is 10.1 Å². The van der Waals surface area contributed by atoms with E-state index >= 15 is 0 Å². The molecular weight excluding hydrogens is 447 g/mol. The summed E-state index contributed by atoms with van der Waals surface area (Å²) in [5.41, 5.74) is 0.449. The standard InChI is InChI=1S/C21H22Cl2N2O6/c1-2-30-13-6-4-3-5-12(13)24-14(26)9-31-15(27)8-25-20(28)16-10-7-11(17(16)21(25)29)19(23)18(10)22/h3-6,10-11,16-19H,2,7-9H2,1H3,(H,24,26)/t10-,11-,16-,17-,18-,19+/m1/s1. The second-order valence-electron chi connectivity index (χ2n) is 7.90. The molecule has 2 aliphatic carbocycles. The quantitative estimate of drug-likeness (QED) is 0.373. The van der Waals surface area contributed by atoms with Crippen LogP contribution in [0.15, 0.2) is 24.3 Å². The van der Waals surface area contributed by atoms with Crippen molar-refractivity contribution in [1.82, 2.24) is 4.90 Å². The zero-order valence-electron chi connectivity index (χ0n) is 16.8. The Morgan fingerprint density at radius 2 is 1.71 bits per heavy atom. The van der Waals surface area contributed by atoms with Crippen LogP contribution in [0.1, 0.15) is 13.3 Å². The normalized spacial score (nSPS) is 31.0. The number of nitrogens with one attached hydrogen (secondary N) is 1. The third kappa shape index (κ3) is 3.87. The molecule has 10 heteroatoms. The Bertz CT molecular complexity index is 893. The lowest BCUT2D eigenvalue weighted by atomic mass is 9.80. The number of alkyl halides is 2. The molecule has 1 heterocycles. The van der Waals surface area contributed by atoms with Gasteiger partial charge in [0.1, 0.15) is 12.3 Å². The highest BCUT2D eigenvalue weighted by molar-refractivity contribution is 6.31. The number of hydrogen-bond acceptors (Lipinski definition) is 6. The summed E-state index contributed by atoms with van der Waals surface area (Å²) in [4.78, 5) is 50.8. The van der Waals surface area contributed by atoms with Crippen molar-refractivity contribution in [3.8, 4) is 5.75 Å². The maximum Gasteiger partial charge on any atom is 0.326 e. The lowest BCUT2D eigenvalue weighted by Gasteiger charge is -2.28. The number of imide groups is 1. The minimum Gasteiger partial charge on any atom is -0.492 e. The molecule has 31 heavy (non-hydrogen) atoms. The Labute approximate surface area is 189 Å². The fourth-order valence-electron chi connectivity index (χ4n) is 4.92. The number of rotatable bonds is 7. The van der Waals surface area contributed by atoms with E-state index in [4.69, 9.17) is 32.7 Å². The van der Waals surface area contributed by atoms with Crippen molar-refractivity contribution in [1.29, 1.82) is 0 Å². The third-order valence-electron chi connectivity index (χ3n) is 6.19. The van der Waals surface area contributed by atoms with Crippen LogP contribution in [-0.4, -0.2) is 59.1 Å². The predicted octanol–water partition coefficient (Wildman–Crippen LogP) is 2.03. The molecule has 1 N–H and O–H groups in total. The largest absolute Gasteiger partial charge is 0.492 e. The van der Waals surface area contributed by atoms with Crippen LogP contribution in [-0.2, 0) is 23.9 Å². The minimum atomic E-state index is -0.841. The number of ether oxygens (including phenoxy) is 2. The van der Waals surface area contributed by atoms with Gasteiger partial charge in [0.05, 0.1) is 34.9 Å². The van der Waals surface area contributed by atoms with Crippen LogP contribution in [0.3, 0.4) is 0 Å². The minimum absolute atomic E-state index is 0.159. The molecule has 1 aromatic carbocycles. The van der Waals surface area contributed by atoms with Gasteiger partial charge in [-0.2, -0.15) is 0 Å². The first-order valence-electron chi connectivity index (χ1n) is 10.1. The number of halogens is 2. The van der Waals surface area contributed by atoms with E-state index in [-0.39, 0.29) is 22.6 Å². The van der Waals surface area contributed by atoms with Gasteiger partial charge in [-0.1, -0.05) is 12.1 Å². The number of benzene rings is 1. The average Bonchev–Trinajstić information content (AvgIpc) is 3.35. The summed E-state index contributed by atoms with van der Waals surface area (Å²) in [6.07, 6.45) is 0.650. The van der Waals surface area contributed by atoms with Gasteiger partial charge < -0.3 is 14.8 Å². The van der Waals surface area contributed by atoms with Crippen molar-refractivity contribution >= 4 is 52.6 Å². The van der Waals surface area contributed by atoms with Gasteiger partial charge >= 0.3 is 5.97 Å². The number of carbonyl (C=O) groups excluding carboxylic acids is 4. The fourth-order valence-corrected chi connectivity index (χ4v) is 5.82. The molecule has 0 unspecified atom stereocenters. The zero-order valence-corrected chi connectivity index (χ0v) is 18.3. The average molecular weight is 469 g/mol. The lowest BCUT2D eigenvalue weighted by molar-refractivity contribution is -0.154. The first-order valence-corrected chi connectivity index (χ1v) is 11.0. The van der Waals surface area contributed by atoms with Gasteiger partial charge in [0.2, 0.25) is 11.8 Å². The van der Waals surface area contributed by atoms with Gasteiger partial charge in [-0.25, -0.2) is 0 Å². The van der Waals surface area contributed by atoms with Gasteiger partial charge in [0.15, 0.2) is 6.61 Å². The van der Waals surface area contributed by atoms with Crippen LogP contribution >= 0.6 is 23.2 Å². The molecule has 2 saturated carbocycles. The highest BCUT2D eigenvalue weighted by atomic mass is 35.5. The summed E-state index contributed by atoms with van der Waals surface area (Å²) in [7, 11) is 0. The van der Waals surface area contributed by atoms with E-state index in [1.165, 1.54) is 0 Å². The Morgan fingerprint density at radius 3 is 2.32 bits per heavy atom. The maximum atomic E-state index is 12.8. The van der Waals surface area contributed by atoms with E-state index in [1.54, 1.807) is 24.3 Å². The number of nitrogens with zero attached hydrogens (tertiary/aromatic N) is 1. The van der Waals surface area contributed by atoms with Crippen molar-refractivity contribution in [2.75, 3.05) is 25.1 Å². The monoisotopic (exact) mass is 468 g/mol.